The van der Waals surface area contributed by atoms with Crippen molar-refractivity contribution in [1.82, 2.24) is 29.6 Å². The molecule has 0 fully saturated rings. The van der Waals surface area contributed by atoms with Crippen molar-refractivity contribution >= 4 is 23.2 Å². The highest BCUT2D eigenvalue weighted by Crippen LogP contribution is 2.14. The zero-order chi connectivity index (χ0) is 15.0. The quantitative estimate of drug-likeness (QED) is 0.738. The molecule has 1 amide bonds. The first-order valence-electron chi connectivity index (χ1n) is 6.24. The van der Waals surface area contributed by atoms with E-state index in [-0.39, 0.29) is 11.9 Å². The van der Waals surface area contributed by atoms with Gasteiger partial charge in [0.05, 0.1) is 12.7 Å². The fraction of sp³-hybridized carbons (Fsp3) is 0.250. The third-order valence-electron chi connectivity index (χ3n) is 2.92. The summed E-state index contributed by atoms with van der Waals surface area (Å²) >= 11 is 0. The van der Waals surface area contributed by atoms with E-state index in [4.69, 9.17) is 0 Å². The molecule has 0 saturated carbocycles. The number of amides is 1. The first-order chi connectivity index (χ1) is 10.0. The molecule has 0 spiro atoms. The van der Waals surface area contributed by atoms with E-state index in [0.29, 0.717) is 11.3 Å². The summed E-state index contributed by atoms with van der Waals surface area (Å²) in [6.45, 7) is 0. The molecule has 0 radical (unpaired) electrons. The summed E-state index contributed by atoms with van der Waals surface area (Å²) in [6, 6.07) is 3.79. The number of nitrogens with zero attached hydrogens (tertiary/aromatic N) is 7. The molecule has 3 rings (SSSR count). The molecule has 0 aliphatic rings. The number of nitrogens with one attached hydrogen (secondary N) is 1. The molecule has 0 saturated heterocycles. The number of hydrogen-bond acceptors (Lipinski definition) is 6. The van der Waals surface area contributed by atoms with Crippen molar-refractivity contribution in [3.05, 3.63) is 30.2 Å². The Kier molecular flexibility index (Phi) is 3.01. The summed E-state index contributed by atoms with van der Waals surface area (Å²) in [5, 5.41) is 13.8. The lowest BCUT2D eigenvalue weighted by Gasteiger charge is -2.11. The fourth-order valence-corrected chi connectivity index (χ4v) is 1.85. The highest BCUT2D eigenvalue weighted by molar-refractivity contribution is 6.02. The van der Waals surface area contributed by atoms with Crippen molar-refractivity contribution in [2.45, 2.75) is 0 Å². The number of hydrogen-bond donors (Lipinski definition) is 1. The minimum Gasteiger partial charge on any atom is -0.376 e. The molecule has 3 aromatic rings. The largest absolute Gasteiger partial charge is 0.376 e. The summed E-state index contributed by atoms with van der Waals surface area (Å²) in [5.74, 6) is -0.230. The molecule has 1 N–H and O–H groups in total. The smallest absolute Gasteiger partial charge is 0.278 e. The molecule has 0 unspecified atom stereocenters. The zero-order valence-corrected chi connectivity index (χ0v) is 11.8. The third-order valence-corrected chi connectivity index (χ3v) is 2.92. The van der Waals surface area contributed by atoms with Crippen LogP contribution >= 0.6 is 0 Å². The molecule has 3 heterocycles. The lowest BCUT2D eigenvalue weighted by atomic mass is 10.4. The summed E-state index contributed by atoms with van der Waals surface area (Å²) in [4.78, 5) is 19.6. The minimum atomic E-state index is -0.377. The van der Waals surface area contributed by atoms with E-state index in [1.807, 2.05) is 37.3 Å². The Morgan fingerprint density at radius 3 is 2.76 bits per heavy atom. The van der Waals surface area contributed by atoms with E-state index in [1.54, 1.807) is 17.6 Å². The van der Waals surface area contributed by atoms with Gasteiger partial charge in [-0.05, 0) is 17.3 Å². The molecule has 0 aliphatic heterocycles. The second kappa shape index (κ2) is 4.85. The Hall–Kier alpha value is -2.97. The average Bonchev–Trinajstić information content (AvgIpc) is 3.03. The number of carbonyl (C=O) groups is 1. The lowest BCUT2D eigenvalue weighted by molar-refractivity contribution is 0.102. The van der Waals surface area contributed by atoms with Crippen LogP contribution in [0, 0.1) is 0 Å². The van der Waals surface area contributed by atoms with E-state index in [1.165, 1.54) is 4.80 Å². The Balaban J connectivity index is 1.88. The molecular formula is C12H14N8O. The van der Waals surface area contributed by atoms with Crippen LogP contribution in [-0.4, -0.2) is 49.6 Å². The number of aryl methyl sites for hydroxylation is 1. The Morgan fingerprint density at radius 1 is 1.29 bits per heavy atom. The Labute approximate surface area is 120 Å². The topological polar surface area (TPSA) is 93.2 Å². The lowest BCUT2D eigenvalue weighted by Crippen LogP contribution is -2.13. The second-order valence-corrected chi connectivity index (χ2v) is 4.73. The first-order valence-corrected chi connectivity index (χ1v) is 6.24. The average molecular weight is 286 g/mol. The fourth-order valence-electron chi connectivity index (χ4n) is 1.85. The van der Waals surface area contributed by atoms with Gasteiger partial charge in [-0.25, -0.2) is 4.98 Å². The molecule has 9 nitrogen and oxygen atoms in total. The summed E-state index contributed by atoms with van der Waals surface area (Å²) in [5.41, 5.74) is 2.00. The maximum absolute atomic E-state index is 12.1. The Morgan fingerprint density at radius 2 is 2.10 bits per heavy atom. The number of carbonyl (C=O) groups excluding carboxylic acids is 1. The highest BCUT2D eigenvalue weighted by Gasteiger charge is 2.13. The van der Waals surface area contributed by atoms with Crippen LogP contribution in [0.2, 0.25) is 0 Å². The van der Waals surface area contributed by atoms with Crippen molar-refractivity contribution in [2.24, 2.45) is 7.05 Å². The van der Waals surface area contributed by atoms with Crippen molar-refractivity contribution in [1.29, 1.82) is 0 Å². The predicted octanol–water partition coefficient (Wildman–Crippen LogP) is 0.176. The molecule has 0 aliphatic carbocycles. The van der Waals surface area contributed by atoms with E-state index in [9.17, 15) is 4.79 Å². The summed E-state index contributed by atoms with van der Waals surface area (Å²) < 4.78 is 1.80. The van der Waals surface area contributed by atoms with Crippen LogP contribution in [0.3, 0.4) is 0 Å². The standard InChI is InChI=1S/C12H14N8O/c1-18(2)8-4-5-10-13-9(7-20(10)6-8)11(21)14-12-15-17-19(3)16-12/h4-7H,1-3H3,(H,14,16,21). The van der Waals surface area contributed by atoms with Gasteiger partial charge in [-0.1, -0.05) is 5.10 Å². The van der Waals surface area contributed by atoms with Crippen molar-refractivity contribution in [3.8, 4) is 0 Å². The molecule has 9 heteroatoms. The van der Waals surface area contributed by atoms with E-state index < -0.39 is 0 Å². The maximum Gasteiger partial charge on any atom is 0.278 e. The molecule has 21 heavy (non-hydrogen) atoms. The van der Waals surface area contributed by atoms with Crippen molar-refractivity contribution in [2.75, 3.05) is 24.3 Å². The SMILES string of the molecule is CN(C)c1ccc2nc(C(=O)Nc3nnn(C)n3)cn2c1. The van der Waals surface area contributed by atoms with E-state index in [0.717, 1.165) is 5.69 Å². The molecule has 0 bridgehead atoms. The number of pyridine rings is 1. The molecule has 0 aromatic carbocycles. The molecular weight excluding hydrogens is 272 g/mol. The van der Waals surface area contributed by atoms with Gasteiger partial charge in [0.2, 0.25) is 0 Å². The predicted molar refractivity (Wildman–Crippen MR) is 76.3 cm³/mol. The van der Waals surface area contributed by atoms with Crippen molar-refractivity contribution < 1.29 is 4.79 Å². The van der Waals surface area contributed by atoms with E-state index in [2.05, 4.69) is 25.7 Å². The van der Waals surface area contributed by atoms with Crippen LogP contribution in [0.5, 0.6) is 0 Å². The van der Waals surface area contributed by atoms with Crippen LogP contribution in [-0.2, 0) is 7.05 Å². The number of aromatic nitrogens is 6. The zero-order valence-electron chi connectivity index (χ0n) is 11.8. The summed E-state index contributed by atoms with van der Waals surface area (Å²) in [6.07, 6.45) is 3.56. The number of tetrazole rings is 1. The Bertz CT molecular complexity index is 803. The van der Waals surface area contributed by atoms with Crippen LogP contribution in [0.25, 0.3) is 5.65 Å². The van der Waals surface area contributed by atoms with Gasteiger partial charge in [0, 0.05) is 26.5 Å². The molecule has 108 valence electrons. The third kappa shape index (κ3) is 2.53. The maximum atomic E-state index is 12.1. The summed E-state index contributed by atoms with van der Waals surface area (Å²) in [7, 11) is 5.52. The minimum absolute atomic E-state index is 0.147. The molecule has 3 aromatic heterocycles. The van der Waals surface area contributed by atoms with Crippen LogP contribution < -0.4 is 10.2 Å². The van der Waals surface area contributed by atoms with Crippen molar-refractivity contribution in [3.63, 3.8) is 0 Å². The van der Waals surface area contributed by atoms with Crippen LogP contribution in [0.15, 0.2) is 24.5 Å². The van der Waals surface area contributed by atoms with Gasteiger partial charge in [-0.2, -0.15) is 4.80 Å². The second-order valence-electron chi connectivity index (χ2n) is 4.73. The number of rotatable bonds is 3. The van der Waals surface area contributed by atoms with E-state index >= 15 is 0 Å². The normalized spacial score (nSPS) is 10.8. The van der Waals surface area contributed by atoms with Gasteiger partial charge in [0.25, 0.3) is 11.9 Å². The number of fused-ring (bicyclic) bond motifs is 1. The monoisotopic (exact) mass is 286 g/mol. The number of anilines is 2. The van der Waals surface area contributed by atoms with Crippen LogP contribution in [0.1, 0.15) is 10.5 Å². The van der Waals surface area contributed by atoms with Gasteiger partial charge in [0.1, 0.15) is 11.3 Å². The van der Waals surface area contributed by atoms with Gasteiger partial charge >= 0.3 is 0 Å². The number of imidazole rings is 1. The highest BCUT2D eigenvalue weighted by atomic mass is 16.2. The first kappa shape index (κ1) is 13.0. The van der Waals surface area contributed by atoms with Crippen LogP contribution in [0.4, 0.5) is 11.6 Å². The van der Waals surface area contributed by atoms with Gasteiger partial charge in [0.15, 0.2) is 0 Å². The molecule has 0 atom stereocenters. The van der Waals surface area contributed by atoms with Gasteiger partial charge in [-0.3, -0.25) is 10.1 Å². The van der Waals surface area contributed by atoms with Gasteiger partial charge in [-0.15, -0.1) is 5.10 Å². The van der Waals surface area contributed by atoms with Gasteiger partial charge < -0.3 is 9.30 Å².